The summed E-state index contributed by atoms with van der Waals surface area (Å²) in [6.07, 6.45) is 5.45. The van der Waals surface area contributed by atoms with E-state index in [0.29, 0.717) is 11.2 Å². The molecule has 0 amide bonds. The van der Waals surface area contributed by atoms with Crippen LogP contribution < -0.4 is 0 Å². The Morgan fingerprint density at radius 3 is 2.46 bits per heavy atom. The van der Waals surface area contributed by atoms with Crippen molar-refractivity contribution in [2.75, 3.05) is 0 Å². The first-order valence-corrected chi connectivity index (χ1v) is 10.5. The lowest BCUT2D eigenvalue weighted by Gasteiger charge is -2.58. The van der Waals surface area contributed by atoms with Crippen LogP contribution in [0.3, 0.4) is 0 Å². The fraction of sp³-hybridized carbons (Fsp3) is 0.682. The zero-order valence-corrected chi connectivity index (χ0v) is 16.5. The molecule has 3 rings (SSSR count). The summed E-state index contributed by atoms with van der Waals surface area (Å²) in [4.78, 5) is 12.5. The van der Waals surface area contributed by atoms with Crippen molar-refractivity contribution < 1.29 is 4.79 Å². The Kier molecular flexibility index (Phi) is 5.16. The molecule has 0 spiro atoms. The second-order valence-corrected chi connectivity index (χ2v) is 10.4. The summed E-state index contributed by atoms with van der Waals surface area (Å²) in [5.74, 6) is 3.34. The number of Topliss-reactive ketones (excluding diaryl/α,β-unsaturated/α-hetero) is 1. The van der Waals surface area contributed by atoms with E-state index >= 15 is 0 Å². The van der Waals surface area contributed by atoms with Gasteiger partial charge in [0.15, 0.2) is 0 Å². The van der Waals surface area contributed by atoms with Gasteiger partial charge in [-0.2, -0.15) is 11.8 Å². The predicted octanol–water partition coefficient (Wildman–Crippen LogP) is 6.12. The first-order chi connectivity index (χ1) is 11.3. The number of carbonyl (C=O) groups excluding carboxylic acids is 1. The van der Waals surface area contributed by atoms with Crippen molar-refractivity contribution in [1.29, 1.82) is 0 Å². The van der Waals surface area contributed by atoms with E-state index in [0.717, 1.165) is 36.9 Å². The van der Waals surface area contributed by atoms with Gasteiger partial charge in [0.1, 0.15) is 5.78 Å². The molecule has 0 radical (unpaired) electrons. The van der Waals surface area contributed by atoms with Gasteiger partial charge in [-0.05, 0) is 48.5 Å². The van der Waals surface area contributed by atoms with Gasteiger partial charge in [0.2, 0.25) is 0 Å². The van der Waals surface area contributed by atoms with E-state index in [-0.39, 0.29) is 10.7 Å². The van der Waals surface area contributed by atoms with E-state index in [2.05, 4.69) is 69.8 Å². The van der Waals surface area contributed by atoms with Gasteiger partial charge in [-0.15, -0.1) is 0 Å². The maximum atomic E-state index is 12.5. The molecule has 0 N–H and O–H groups in total. The molecule has 24 heavy (non-hydrogen) atoms. The SMILES string of the molecule is C[C@H]1CC[C@@H]2[C@H](CC2(C)C)[C@@](C)(SCc2ccccc2)CCC1=O. The molecule has 0 heterocycles. The largest absolute Gasteiger partial charge is 0.299 e. The summed E-state index contributed by atoms with van der Waals surface area (Å²) in [7, 11) is 0. The summed E-state index contributed by atoms with van der Waals surface area (Å²) < 4.78 is 0.232. The Morgan fingerprint density at radius 1 is 1.08 bits per heavy atom. The summed E-state index contributed by atoms with van der Waals surface area (Å²) in [5.41, 5.74) is 1.85. The lowest BCUT2D eigenvalue weighted by atomic mass is 9.50. The maximum absolute atomic E-state index is 12.5. The molecule has 0 unspecified atom stereocenters. The van der Waals surface area contributed by atoms with Crippen LogP contribution in [0.1, 0.15) is 65.4 Å². The van der Waals surface area contributed by atoms with Gasteiger partial charge in [0, 0.05) is 22.8 Å². The number of fused-ring (bicyclic) bond motifs is 1. The zero-order valence-electron chi connectivity index (χ0n) is 15.7. The lowest BCUT2D eigenvalue weighted by molar-refractivity contribution is -0.122. The Labute approximate surface area is 152 Å². The predicted molar refractivity (Wildman–Crippen MR) is 104 cm³/mol. The van der Waals surface area contributed by atoms with Crippen LogP contribution in [0.4, 0.5) is 0 Å². The smallest absolute Gasteiger partial charge is 0.135 e. The van der Waals surface area contributed by atoms with Gasteiger partial charge in [-0.1, -0.05) is 58.0 Å². The third kappa shape index (κ3) is 3.59. The van der Waals surface area contributed by atoms with Crippen LogP contribution in [0, 0.1) is 23.2 Å². The van der Waals surface area contributed by atoms with Crippen molar-refractivity contribution in [1.82, 2.24) is 0 Å². The maximum Gasteiger partial charge on any atom is 0.135 e. The molecule has 4 atom stereocenters. The van der Waals surface area contributed by atoms with Crippen LogP contribution in [0.15, 0.2) is 30.3 Å². The van der Waals surface area contributed by atoms with E-state index in [9.17, 15) is 4.79 Å². The second kappa shape index (κ2) is 6.86. The minimum Gasteiger partial charge on any atom is -0.299 e. The van der Waals surface area contributed by atoms with Gasteiger partial charge in [-0.3, -0.25) is 4.79 Å². The number of rotatable bonds is 3. The van der Waals surface area contributed by atoms with Crippen LogP contribution in [-0.2, 0) is 10.5 Å². The molecular weight excluding hydrogens is 312 g/mol. The fourth-order valence-corrected chi connectivity index (χ4v) is 6.27. The van der Waals surface area contributed by atoms with E-state index in [1.54, 1.807) is 0 Å². The van der Waals surface area contributed by atoms with Crippen molar-refractivity contribution in [3.05, 3.63) is 35.9 Å². The normalized spacial score (nSPS) is 36.0. The molecule has 1 aromatic rings. The molecular formula is C22H32OS. The van der Waals surface area contributed by atoms with Crippen LogP contribution in [0.5, 0.6) is 0 Å². The molecule has 0 bridgehead atoms. The highest BCUT2D eigenvalue weighted by Gasteiger charge is 2.54. The number of hydrogen-bond donors (Lipinski definition) is 0. The first-order valence-electron chi connectivity index (χ1n) is 9.52. The molecule has 2 aliphatic rings. The molecule has 0 aromatic heterocycles. The molecule has 0 aliphatic heterocycles. The zero-order chi connectivity index (χ0) is 17.4. The summed E-state index contributed by atoms with van der Waals surface area (Å²) >= 11 is 2.10. The minimum atomic E-state index is 0.232. The fourth-order valence-electron chi connectivity index (χ4n) is 4.87. The average molecular weight is 345 g/mol. The van der Waals surface area contributed by atoms with Crippen LogP contribution in [-0.4, -0.2) is 10.5 Å². The molecule has 0 saturated heterocycles. The number of carbonyl (C=O) groups is 1. The molecule has 132 valence electrons. The summed E-state index contributed by atoms with van der Waals surface area (Å²) in [5, 5.41) is 0. The van der Waals surface area contributed by atoms with Gasteiger partial charge in [0.05, 0.1) is 0 Å². The van der Waals surface area contributed by atoms with Crippen LogP contribution in [0.2, 0.25) is 0 Å². The Balaban J connectivity index is 1.78. The van der Waals surface area contributed by atoms with Crippen molar-refractivity contribution in [2.24, 2.45) is 23.2 Å². The van der Waals surface area contributed by atoms with Gasteiger partial charge >= 0.3 is 0 Å². The molecule has 2 fully saturated rings. The van der Waals surface area contributed by atoms with Gasteiger partial charge in [0.25, 0.3) is 0 Å². The monoisotopic (exact) mass is 344 g/mol. The van der Waals surface area contributed by atoms with E-state index in [1.165, 1.54) is 18.4 Å². The van der Waals surface area contributed by atoms with Crippen molar-refractivity contribution >= 4 is 17.5 Å². The Bertz CT molecular complexity index is 579. The minimum absolute atomic E-state index is 0.232. The van der Waals surface area contributed by atoms with E-state index < -0.39 is 0 Å². The molecule has 2 saturated carbocycles. The van der Waals surface area contributed by atoms with E-state index in [4.69, 9.17) is 0 Å². The molecule has 1 nitrogen and oxygen atoms in total. The topological polar surface area (TPSA) is 17.1 Å². The lowest BCUT2D eigenvalue weighted by Crippen LogP contribution is -2.53. The Hall–Kier alpha value is -0.760. The standard InChI is InChI=1S/C22H32OS/c1-16-10-11-18-19(14-21(18,2)3)22(4,13-12-20(16)23)24-15-17-8-6-5-7-9-17/h5-9,16,18-19H,10-15H2,1-4H3/t16-,18+,19-,22-/m0/s1. The third-order valence-electron chi connectivity index (χ3n) is 6.76. The highest BCUT2D eigenvalue weighted by molar-refractivity contribution is 7.99. The number of hydrogen-bond acceptors (Lipinski definition) is 2. The van der Waals surface area contributed by atoms with Gasteiger partial charge in [-0.25, -0.2) is 0 Å². The highest BCUT2D eigenvalue weighted by Crippen LogP contribution is 2.61. The summed E-state index contributed by atoms with van der Waals surface area (Å²) in [6, 6.07) is 10.8. The van der Waals surface area contributed by atoms with Gasteiger partial charge < -0.3 is 0 Å². The Morgan fingerprint density at radius 2 is 1.79 bits per heavy atom. The van der Waals surface area contributed by atoms with Crippen molar-refractivity contribution in [3.63, 3.8) is 0 Å². The van der Waals surface area contributed by atoms with E-state index in [1.807, 2.05) is 0 Å². The number of thioether (sulfide) groups is 1. The average Bonchev–Trinajstić information content (AvgIpc) is 2.59. The first kappa shape index (κ1) is 18.0. The van der Waals surface area contributed by atoms with Crippen LogP contribution in [0.25, 0.3) is 0 Å². The quantitative estimate of drug-likeness (QED) is 0.657. The third-order valence-corrected chi connectivity index (χ3v) is 8.40. The number of ketones is 1. The number of benzene rings is 1. The molecule has 2 heteroatoms. The molecule has 2 aliphatic carbocycles. The van der Waals surface area contributed by atoms with Crippen molar-refractivity contribution in [2.45, 2.75) is 70.3 Å². The summed E-state index contributed by atoms with van der Waals surface area (Å²) in [6.45, 7) is 9.45. The second-order valence-electron chi connectivity index (χ2n) is 8.94. The highest BCUT2D eigenvalue weighted by atomic mass is 32.2. The van der Waals surface area contributed by atoms with Crippen LogP contribution >= 0.6 is 11.8 Å². The van der Waals surface area contributed by atoms with Crippen molar-refractivity contribution in [3.8, 4) is 0 Å². The molecule has 1 aromatic carbocycles.